The van der Waals surface area contributed by atoms with Crippen molar-refractivity contribution in [3.8, 4) is 11.5 Å². The Hall–Kier alpha value is -1.96. The van der Waals surface area contributed by atoms with Crippen LogP contribution < -0.4 is 14.8 Å². The maximum absolute atomic E-state index is 13.5. The summed E-state index contributed by atoms with van der Waals surface area (Å²) in [6.45, 7) is 5.29. The van der Waals surface area contributed by atoms with Crippen LogP contribution in [0.1, 0.15) is 29.7 Å². The Bertz CT molecular complexity index is 839. The van der Waals surface area contributed by atoms with Crippen molar-refractivity contribution in [2.45, 2.75) is 19.1 Å². The van der Waals surface area contributed by atoms with Gasteiger partial charge >= 0.3 is 6.18 Å². The van der Waals surface area contributed by atoms with Gasteiger partial charge in [-0.15, -0.1) is 0 Å². The second-order valence-electron chi connectivity index (χ2n) is 6.77. The van der Waals surface area contributed by atoms with Gasteiger partial charge in [-0.05, 0) is 42.3 Å². The number of alkyl halides is 3. The molecule has 1 unspecified atom stereocenters. The molecular formula is C21H24ClF3N2O2. The summed E-state index contributed by atoms with van der Waals surface area (Å²) in [4.78, 5) is 2.16. The summed E-state index contributed by atoms with van der Waals surface area (Å²) in [6.07, 6.45) is -4.52. The van der Waals surface area contributed by atoms with Crippen LogP contribution in [0, 0.1) is 0 Å². The van der Waals surface area contributed by atoms with Crippen molar-refractivity contribution in [3.05, 3.63) is 58.1 Å². The molecule has 1 aliphatic rings. The normalized spacial score (nSPS) is 16.5. The highest BCUT2D eigenvalue weighted by atomic mass is 35.5. The minimum atomic E-state index is -4.52. The van der Waals surface area contributed by atoms with Crippen LogP contribution in [0.3, 0.4) is 0 Å². The lowest BCUT2D eigenvalue weighted by atomic mass is 9.94. The van der Waals surface area contributed by atoms with E-state index in [2.05, 4.69) is 10.2 Å². The first-order chi connectivity index (χ1) is 13.8. The highest BCUT2D eigenvalue weighted by Gasteiger charge is 2.35. The molecule has 1 N–H and O–H groups in total. The first kappa shape index (κ1) is 21.7. The van der Waals surface area contributed by atoms with Gasteiger partial charge in [0.25, 0.3) is 0 Å². The number of nitrogens with one attached hydrogen (secondary N) is 1. The van der Waals surface area contributed by atoms with Crippen LogP contribution in [0.4, 0.5) is 13.2 Å². The Morgan fingerprint density at radius 2 is 1.72 bits per heavy atom. The number of methoxy groups -OCH3 is 1. The summed E-state index contributed by atoms with van der Waals surface area (Å²) >= 11 is 5.84. The second-order valence-corrected chi connectivity index (χ2v) is 7.18. The third-order valence-electron chi connectivity index (χ3n) is 4.93. The average Bonchev–Trinajstić information content (AvgIpc) is 2.70. The molecule has 0 radical (unpaired) electrons. The smallest absolute Gasteiger partial charge is 0.417 e. The standard InChI is InChI=1S/C21H24ClF3N2O2/c1-3-29-19-13-15(5-7-18(19)28-2)20(27-10-8-26-9-11-27)14-4-6-17(22)16(12-14)21(23,24)25/h4-7,12-13,20,26H,3,8-11H2,1-2H3. The van der Waals surface area contributed by atoms with Gasteiger partial charge in [0.15, 0.2) is 11.5 Å². The zero-order chi connectivity index (χ0) is 21.0. The topological polar surface area (TPSA) is 33.7 Å². The molecule has 0 amide bonds. The van der Waals surface area contributed by atoms with Gasteiger partial charge in [0.1, 0.15) is 0 Å². The lowest BCUT2D eigenvalue weighted by Crippen LogP contribution is -2.45. The number of nitrogens with zero attached hydrogens (tertiary/aromatic N) is 1. The number of hydrogen-bond acceptors (Lipinski definition) is 4. The molecule has 1 atom stereocenters. The quantitative estimate of drug-likeness (QED) is 0.719. The van der Waals surface area contributed by atoms with Crippen LogP contribution in [-0.2, 0) is 6.18 Å². The minimum absolute atomic E-state index is 0.301. The maximum Gasteiger partial charge on any atom is 0.417 e. The van der Waals surface area contributed by atoms with Crippen LogP contribution in [0.15, 0.2) is 36.4 Å². The van der Waals surface area contributed by atoms with Gasteiger partial charge < -0.3 is 14.8 Å². The number of ether oxygens (including phenoxy) is 2. The van der Waals surface area contributed by atoms with Crippen LogP contribution >= 0.6 is 11.6 Å². The van der Waals surface area contributed by atoms with Crippen LogP contribution in [0.5, 0.6) is 11.5 Å². The van der Waals surface area contributed by atoms with Crippen molar-refractivity contribution in [1.29, 1.82) is 0 Å². The number of hydrogen-bond donors (Lipinski definition) is 1. The molecule has 0 saturated carbocycles. The predicted octanol–water partition coefficient (Wildman–Crippen LogP) is 4.76. The zero-order valence-corrected chi connectivity index (χ0v) is 17.1. The second kappa shape index (κ2) is 9.24. The van der Waals surface area contributed by atoms with Crippen molar-refractivity contribution in [3.63, 3.8) is 0 Å². The summed E-state index contributed by atoms with van der Waals surface area (Å²) < 4.78 is 51.4. The molecule has 2 aromatic carbocycles. The Labute approximate surface area is 173 Å². The summed E-state index contributed by atoms with van der Waals surface area (Å²) in [7, 11) is 1.56. The number of piperazine rings is 1. The molecule has 0 aromatic heterocycles. The molecule has 2 aromatic rings. The minimum Gasteiger partial charge on any atom is -0.493 e. The van der Waals surface area contributed by atoms with E-state index in [-0.39, 0.29) is 11.1 Å². The summed E-state index contributed by atoms with van der Waals surface area (Å²) in [5.74, 6) is 1.15. The van der Waals surface area contributed by atoms with Gasteiger partial charge in [0.2, 0.25) is 0 Å². The van der Waals surface area contributed by atoms with E-state index < -0.39 is 11.7 Å². The van der Waals surface area contributed by atoms with Crippen molar-refractivity contribution in [2.75, 3.05) is 39.9 Å². The van der Waals surface area contributed by atoms with Crippen molar-refractivity contribution in [2.24, 2.45) is 0 Å². The van der Waals surface area contributed by atoms with E-state index in [4.69, 9.17) is 21.1 Å². The van der Waals surface area contributed by atoms with E-state index in [1.807, 2.05) is 19.1 Å². The van der Waals surface area contributed by atoms with Gasteiger partial charge in [-0.1, -0.05) is 23.7 Å². The van der Waals surface area contributed by atoms with E-state index in [1.54, 1.807) is 19.2 Å². The molecule has 4 nitrogen and oxygen atoms in total. The molecule has 1 heterocycles. The fraction of sp³-hybridized carbons (Fsp3) is 0.429. The van der Waals surface area contributed by atoms with Crippen molar-refractivity contribution in [1.82, 2.24) is 10.2 Å². The van der Waals surface area contributed by atoms with E-state index in [0.29, 0.717) is 36.8 Å². The van der Waals surface area contributed by atoms with E-state index >= 15 is 0 Å². The first-order valence-corrected chi connectivity index (χ1v) is 9.85. The Morgan fingerprint density at radius 1 is 1.07 bits per heavy atom. The molecule has 0 aliphatic carbocycles. The molecule has 29 heavy (non-hydrogen) atoms. The fourth-order valence-electron chi connectivity index (χ4n) is 3.62. The first-order valence-electron chi connectivity index (χ1n) is 9.47. The predicted molar refractivity (Wildman–Crippen MR) is 107 cm³/mol. The molecule has 1 fully saturated rings. The Balaban J connectivity index is 2.10. The molecule has 1 aliphatic heterocycles. The van der Waals surface area contributed by atoms with Crippen LogP contribution in [0.2, 0.25) is 5.02 Å². The number of benzene rings is 2. The molecule has 1 saturated heterocycles. The van der Waals surface area contributed by atoms with Crippen LogP contribution in [0.25, 0.3) is 0 Å². The van der Waals surface area contributed by atoms with E-state index in [0.717, 1.165) is 24.7 Å². The molecule has 3 rings (SSSR count). The van der Waals surface area contributed by atoms with Crippen LogP contribution in [-0.4, -0.2) is 44.8 Å². The lowest BCUT2D eigenvalue weighted by Gasteiger charge is -2.36. The van der Waals surface area contributed by atoms with Gasteiger partial charge in [-0.2, -0.15) is 13.2 Å². The van der Waals surface area contributed by atoms with Gasteiger partial charge in [-0.25, -0.2) is 0 Å². The zero-order valence-electron chi connectivity index (χ0n) is 16.4. The highest BCUT2D eigenvalue weighted by Crippen LogP contribution is 2.40. The van der Waals surface area contributed by atoms with Gasteiger partial charge in [0, 0.05) is 26.2 Å². The molecular weight excluding hydrogens is 405 g/mol. The lowest BCUT2D eigenvalue weighted by molar-refractivity contribution is -0.137. The van der Waals surface area contributed by atoms with Crippen molar-refractivity contribution >= 4 is 11.6 Å². The van der Waals surface area contributed by atoms with Gasteiger partial charge in [0.05, 0.1) is 30.3 Å². The van der Waals surface area contributed by atoms with Gasteiger partial charge in [-0.3, -0.25) is 4.90 Å². The Kier molecular flexibility index (Phi) is 6.93. The molecule has 0 spiro atoms. The third kappa shape index (κ3) is 4.97. The SMILES string of the molecule is CCOc1cc(C(c2ccc(Cl)c(C(F)(F)F)c2)N2CCNCC2)ccc1OC. The largest absolute Gasteiger partial charge is 0.493 e. The van der Waals surface area contributed by atoms with Crippen molar-refractivity contribution < 1.29 is 22.6 Å². The maximum atomic E-state index is 13.5. The monoisotopic (exact) mass is 428 g/mol. The summed E-state index contributed by atoms with van der Waals surface area (Å²) in [5, 5.41) is 2.98. The molecule has 0 bridgehead atoms. The van der Waals surface area contributed by atoms with E-state index in [9.17, 15) is 13.2 Å². The number of rotatable bonds is 6. The third-order valence-corrected chi connectivity index (χ3v) is 5.26. The average molecular weight is 429 g/mol. The summed E-state index contributed by atoms with van der Waals surface area (Å²) in [6, 6.07) is 9.28. The summed E-state index contributed by atoms with van der Waals surface area (Å²) in [5.41, 5.74) is 0.554. The molecule has 158 valence electrons. The molecule has 8 heteroatoms. The fourth-order valence-corrected chi connectivity index (χ4v) is 3.84. The highest BCUT2D eigenvalue weighted by molar-refractivity contribution is 6.31. The van der Waals surface area contributed by atoms with E-state index in [1.165, 1.54) is 6.07 Å². The Morgan fingerprint density at radius 3 is 2.34 bits per heavy atom. The number of halogens is 4.